The molecule has 0 aromatic rings. The topological polar surface area (TPSA) is 63.3 Å². The summed E-state index contributed by atoms with van der Waals surface area (Å²) in [5, 5.41) is 8.45. The van der Waals surface area contributed by atoms with Gasteiger partial charge in [0.2, 0.25) is 0 Å². The SMILES string of the molecule is CCCCC/C=C/C=C/C(N)CC(=O)O. The van der Waals surface area contributed by atoms with Gasteiger partial charge in [0, 0.05) is 6.04 Å². The number of aliphatic carboxylic acids is 1. The van der Waals surface area contributed by atoms with Crippen LogP contribution in [0.25, 0.3) is 0 Å². The van der Waals surface area contributed by atoms with Gasteiger partial charge in [-0.3, -0.25) is 4.79 Å². The molecule has 15 heavy (non-hydrogen) atoms. The minimum Gasteiger partial charge on any atom is -0.481 e. The predicted octanol–water partition coefficient (Wildman–Crippen LogP) is 2.48. The van der Waals surface area contributed by atoms with Gasteiger partial charge < -0.3 is 10.8 Å². The number of hydrogen-bond donors (Lipinski definition) is 2. The van der Waals surface area contributed by atoms with Gasteiger partial charge in [-0.2, -0.15) is 0 Å². The highest BCUT2D eigenvalue weighted by atomic mass is 16.4. The number of nitrogens with two attached hydrogens (primary N) is 1. The largest absolute Gasteiger partial charge is 0.481 e. The Hall–Kier alpha value is -1.09. The first-order valence-electron chi connectivity index (χ1n) is 5.47. The van der Waals surface area contributed by atoms with Crippen LogP contribution >= 0.6 is 0 Å². The van der Waals surface area contributed by atoms with Crippen molar-refractivity contribution < 1.29 is 9.90 Å². The van der Waals surface area contributed by atoms with E-state index in [0.717, 1.165) is 6.42 Å². The molecule has 1 atom stereocenters. The molecular weight excluding hydrogens is 190 g/mol. The second-order valence-electron chi connectivity index (χ2n) is 3.57. The third-order valence-electron chi connectivity index (χ3n) is 1.99. The first-order valence-corrected chi connectivity index (χ1v) is 5.47. The highest BCUT2D eigenvalue weighted by molar-refractivity contribution is 5.67. The van der Waals surface area contributed by atoms with E-state index in [1.807, 2.05) is 12.2 Å². The van der Waals surface area contributed by atoms with Crippen LogP contribution < -0.4 is 5.73 Å². The van der Waals surface area contributed by atoms with Crippen molar-refractivity contribution >= 4 is 5.97 Å². The lowest BCUT2D eigenvalue weighted by Crippen LogP contribution is -2.20. The molecule has 86 valence electrons. The van der Waals surface area contributed by atoms with Gasteiger partial charge in [-0.1, -0.05) is 44.1 Å². The van der Waals surface area contributed by atoms with Crippen molar-refractivity contribution in [2.45, 2.75) is 45.1 Å². The molecule has 0 radical (unpaired) electrons. The van der Waals surface area contributed by atoms with Gasteiger partial charge in [0.25, 0.3) is 0 Å². The fraction of sp³-hybridized carbons (Fsp3) is 0.583. The third-order valence-corrected chi connectivity index (χ3v) is 1.99. The van der Waals surface area contributed by atoms with Crippen LogP contribution in [0.15, 0.2) is 24.3 Å². The van der Waals surface area contributed by atoms with Crippen LogP contribution in [0.3, 0.4) is 0 Å². The summed E-state index contributed by atoms with van der Waals surface area (Å²) in [6.45, 7) is 2.18. The van der Waals surface area contributed by atoms with E-state index in [9.17, 15) is 4.79 Å². The second-order valence-corrected chi connectivity index (χ2v) is 3.57. The molecule has 0 aliphatic carbocycles. The number of rotatable bonds is 8. The minimum atomic E-state index is -0.862. The molecule has 3 nitrogen and oxygen atoms in total. The van der Waals surface area contributed by atoms with Gasteiger partial charge in [0.15, 0.2) is 0 Å². The zero-order valence-electron chi connectivity index (χ0n) is 9.36. The highest BCUT2D eigenvalue weighted by Gasteiger charge is 2.02. The lowest BCUT2D eigenvalue weighted by Gasteiger charge is -1.99. The van der Waals surface area contributed by atoms with E-state index in [-0.39, 0.29) is 12.5 Å². The molecule has 0 amide bonds. The molecule has 0 aromatic carbocycles. The number of carbonyl (C=O) groups is 1. The van der Waals surface area contributed by atoms with Crippen molar-refractivity contribution in [3.8, 4) is 0 Å². The smallest absolute Gasteiger partial charge is 0.305 e. The van der Waals surface area contributed by atoms with E-state index >= 15 is 0 Å². The quantitative estimate of drug-likeness (QED) is 0.479. The van der Waals surface area contributed by atoms with E-state index in [1.165, 1.54) is 19.3 Å². The van der Waals surface area contributed by atoms with Gasteiger partial charge in [-0.15, -0.1) is 0 Å². The molecule has 0 aromatic heterocycles. The molecule has 0 spiro atoms. The Morgan fingerprint density at radius 3 is 2.73 bits per heavy atom. The molecule has 0 rings (SSSR count). The zero-order valence-corrected chi connectivity index (χ0v) is 9.36. The lowest BCUT2D eigenvalue weighted by molar-refractivity contribution is -0.137. The maximum absolute atomic E-state index is 10.3. The van der Waals surface area contributed by atoms with Crippen LogP contribution in [0, 0.1) is 0 Å². The Bertz CT molecular complexity index is 222. The molecular formula is C12H21NO2. The Labute approximate surface area is 91.7 Å². The van der Waals surface area contributed by atoms with E-state index in [4.69, 9.17) is 10.8 Å². The van der Waals surface area contributed by atoms with Gasteiger partial charge in [0.1, 0.15) is 0 Å². The molecule has 0 aliphatic heterocycles. The molecule has 0 heterocycles. The molecule has 0 saturated heterocycles. The number of hydrogen-bond acceptors (Lipinski definition) is 2. The summed E-state index contributed by atoms with van der Waals surface area (Å²) in [5.74, 6) is -0.862. The Morgan fingerprint density at radius 2 is 2.13 bits per heavy atom. The molecule has 3 heteroatoms. The van der Waals surface area contributed by atoms with Crippen LogP contribution in [-0.4, -0.2) is 17.1 Å². The lowest BCUT2D eigenvalue weighted by atomic mass is 10.2. The molecule has 1 unspecified atom stereocenters. The average molecular weight is 211 g/mol. The molecule has 0 saturated carbocycles. The van der Waals surface area contributed by atoms with E-state index in [2.05, 4.69) is 13.0 Å². The standard InChI is InChI=1S/C12H21NO2/c1-2-3-4-5-6-7-8-9-11(13)10-12(14)15/h6-9,11H,2-5,10,13H2,1H3,(H,14,15)/b7-6+,9-8+. The molecule has 0 aliphatic rings. The summed E-state index contributed by atoms with van der Waals surface area (Å²) in [5.41, 5.74) is 5.54. The first kappa shape index (κ1) is 13.9. The first-order chi connectivity index (χ1) is 7.16. The van der Waals surface area contributed by atoms with Crippen molar-refractivity contribution in [2.75, 3.05) is 0 Å². The van der Waals surface area contributed by atoms with Crippen LogP contribution in [0.2, 0.25) is 0 Å². The van der Waals surface area contributed by atoms with Crippen LogP contribution in [0.5, 0.6) is 0 Å². The number of carboxylic acids is 1. The predicted molar refractivity (Wildman–Crippen MR) is 62.7 cm³/mol. The maximum Gasteiger partial charge on any atom is 0.305 e. The van der Waals surface area contributed by atoms with Crippen molar-refractivity contribution in [1.82, 2.24) is 0 Å². The van der Waals surface area contributed by atoms with Crippen LogP contribution in [0.4, 0.5) is 0 Å². The summed E-state index contributed by atoms with van der Waals surface area (Å²) in [6.07, 6.45) is 12.3. The monoisotopic (exact) mass is 211 g/mol. The highest BCUT2D eigenvalue weighted by Crippen LogP contribution is 1.99. The molecule has 0 fully saturated rings. The number of allylic oxidation sites excluding steroid dienone is 3. The summed E-state index contributed by atoms with van der Waals surface area (Å²) in [4.78, 5) is 10.3. The summed E-state index contributed by atoms with van der Waals surface area (Å²) >= 11 is 0. The number of unbranched alkanes of at least 4 members (excludes halogenated alkanes) is 3. The summed E-state index contributed by atoms with van der Waals surface area (Å²) in [7, 11) is 0. The van der Waals surface area contributed by atoms with Crippen LogP contribution in [0.1, 0.15) is 39.0 Å². The van der Waals surface area contributed by atoms with E-state index in [0.29, 0.717) is 0 Å². The minimum absolute atomic E-state index is 0.0137. The zero-order chi connectivity index (χ0) is 11.5. The average Bonchev–Trinajstić information content (AvgIpc) is 2.15. The Morgan fingerprint density at radius 1 is 1.40 bits per heavy atom. The van der Waals surface area contributed by atoms with Gasteiger partial charge in [-0.25, -0.2) is 0 Å². The number of carboxylic acid groups (broad SMARTS) is 1. The summed E-state index contributed by atoms with van der Waals surface area (Å²) in [6, 6.07) is -0.386. The van der Waals surface area contributed by atoms with Crippen molar-refractivity contribution in [3.63, 3.8) is 0 Å². The van der Waals surface area contributed by atoms with Gasteiger partial charge >= 0.3 is 5.97 Å². The molecule has 0 bridgehead atoms. The van der Waals surface area contributed by atoms with Crippen molar-refractivity contribution in [1.29, 1.82) is 0 Å². The second kappa shape index (κ2) is 9.46. The fourth-order valence-electron chi connectivity index (χ4n) is 1.16. The van der Waals surface area contributed by atoms with Gasteiger partial charge in [-0.05, 0) is 12.8 Å². The maximum atomic E-state index is 10.3. The van der Waals surface area contributed by atoms with Crippen molar-refractivity contribution in [2.24, 2.45) is 5.73 Å². The third kappa shape index (κ3) is 10.8. The summed E-state index contributed by atoms with van der Waals surface area (Å²) < 4.78 is 0. The van der Waals surface area contributed by atoms with E-state index < -0.39 is 5.97 Å². The fourth-order valence-corrected chi connectivity index (χ4v) is 1.16. The Kier molecular flexibility index (Phi) is 8.78. The van der Waals surface area contributed by atoms with Crippen LogP contribution in [-0.2, 0) is 4.79 Å². The normalized spacial score (nSPS) is 13.7. The van der Waals surface area contributed by atoms with Gasteiger partial charge in [0.05, 0.1) is 6.42 Å². The molecule has 3 N–H and O–H groups in total. The van der Waals surface area contributed by atoms with Crippen molar-refractivity contribution in [3.05, 3.63) is 24.3 Å². The van der Waals surface area contributed by atoms with E-state index in [1.54, 1.807) is 6.08 Å². The Balaban J connectivity index is 3.55.